The van der Waals surface area contributed by atoms with Crippen LogP contribution in [-0.4, -0.2) is 30.0 Å². The number of benzene rings is 1. The predicted molar refractivity (Wildman–Crippen MR) is 80.4 cm³/mol. The van der Waals surface area contributed by atoms with Crippen LogP contribution < -0.4 is 10.6 Å². The smallest absolute Gasteiger partial charge is 0.272 e. The highest BCUT2D eigenvalue weighted by Crippen LogP contribution is 2.19. The van der Waals surface area contributed by atoms with Gasteiger partial charge in [0.2, 0.25) is 0 Å². The van der Waals surface area contributed by atoms with Crippen molar-refractivity contribution in [1.29, 1.82) is 0 Å². The first-order valence-corrected chi connectivity index (χ1v) is 7.25. The standard InChI is InChI=1S/C15H21N3O3/c1-10-8-12(5-6-14(10)18(20)21)15(19)17-11(2)13-4-3-7-16-9-13/h5-6,8,11,13,16H,3-4,7,9H2,1-2H3,(H,17,19). The van der Waals surface area contributed by atoms with Gasteiger partial charge in [-0.2, -0.15) is 0 Å². The van der Waals surface area contributed by atoms with E-state index < -0.39 is 4.92 Å². The number of hydrogen-bond acceptors (Lipinski definition) is 4. The third-order valence-corrected chi connectivity index (χ3v) is 4.06. The molecule has 6 heteroatoms. The summed E-state index contributed by atoms with van der Waals surface area (Å²) in [5, 5.41) is 17.1. The Morgan fingerprint density at radius 1 is 1.52 bits per heavy atom. The lowest BCUT2D eigenvalue weighted by atomic mass is 9.92. The lowest BCUT2D eigenvalue weighted by Crippen LogP contribution is -2.44. The molecule has 0 saturated carbocycles. The maximum atomic E-state index is 12.2. The average Bonchev–Trinajstić information content (AvgIpc) is 2.47. The van der Waals surface area contributed by atoms with E-state index in [1.54, 1.807) is 13.0 Å². The molecule has 2 unspecified atom stereocenters. The molecule has 0 aliphatic carbocycles. The number of aryl methyl sites for hydroxylation is 1. The van der Waals surface area contributed by atoms with Crippen LogP contribution in [0.15, 0.2) is 18.2 Å². The summed E-state index contributed by atoms with van der Waals surface area (Å²) in [5.74, 6) is 0.257. The van der Waals surface area contributed by atoms with E-state index >= 15 is 0 Å². The van der Waals surface area contributed by atoms with Gasteiger partial charge < -0.3 is 10.6 Å². The minimum Gasteiger partial charge on any atom is -0.349 e. The SMILES string of the molecule is Cc1cc(C(=O)NC(C)C2CCCNC2)ccc1[N+](=O)[O-]. The molecular weight excluding hydrogens is 270 g/mol. The van der Waals surface area contributed by atoms with E-state index in [2.05, 4.69) is 10.6 Å². The number of amides is 1. The molecule has 2 rings (SSSR count). The zero-order valence-electron chi connectivity index (χ0n) is 12.4. The monoisotopic (exact) mass is 291 g/mol. The Bertz CT molecular complexity index is 539. The van der Waals surface area contributed by atoms with Crippen LogP contribution in [0.1, 0.15) is 35.7 Å². The van der Waals surface area contributed by atoms with Crippen molar-refractivity contribution < 1.29 is 9.72 Å². The minimum absolute atomic E-state index is 0.0380. The van der Waals surface area contributed by atoms with Crippen molar-refractivity contribution in [2.24, 2.45) is 5.92 Å². The summed E-state index contributed by atoms with van der Waals surface area (Å²) in [6.45, 7) is 5.61. The number of piperidine rings is 1. The van der Waals surface area contributed by atoms with Crippen LogP contribution in [0.5, 0.6) is 0 Å². The fourth-order valence-electron chi connectivity index (χ4n) is 2.72. The first kappa shape index (κ1) is 15.4. The fraction of sp³-hybridized carbons (Fsp3) is 0.533. The van der Waals surface area contributed by atoms with Gasteiger partial charge in [-0.25, -0.2) is 0 Å². The van der Waals surface area contributed by atoms with Crippen molar-refractivity contribution in [1.82, 2.24) is 10.6 Å². The Morgan fingerprint density at radius 2 is 2.29 bits per heavy atom. The molecule has 1 saturated heterocycles. The summed E-state index contributed by atoms with van der Waals surface area (Å²) >= 11 is 0. The summed E-state index contributed by atoms with van der Waals surface area (Å²) in [5.41, 5.74) is 1.00. The number of nitrogens with zero attached hydrogens (tertiary/aromatic N) is 1. The predicted octanol–water partition coefficient (Wildman–Crippen LogP) is 2.02. The van der Waals surface area contributed by atoms with Gasteiger partial charge >= 0.3 is 0 Å². The van der Waals surface area contributed by atoms with Gasteiger partial charge in [-0.3, -0.25) is 14.9 Å². The van der Waals surface area contributed by atoms with Crippen molar-refractivity contribution in [3.8, 4) is 0 Å². The molecule has 1 aromatic carbocycles. The zero-order valence-corrected chi connectivity index (χ0v) is 12.4. The second-order valence-electron chi connectivity index (χ2n) is 5.63. The quantitative estimate of drug-likeness (QED) is 0.656. The molecule has 0 radical (unpaired) electrons. The molecule has 0 spiro atoms. The normalized spacial score (nSPS) is 19.8. The molecule has 1 aliphatic heterocycles. The number of nitrogens with one attached hydrogen (secondary N) is 2. The molecule has 0 bridgehead atoms. The van der Waals surface area contributed by atoms with Crippen LogP contribution in [0.4, 0.5) is 5.69 Å². The second-order valence-corrected chi connectivity index (χ2v) is 5.63. The van der Waals surface area contributed by atoms with E-state index in [0.29, 0.717) is 17.0 Å². The third-order valence-electron chi connectivity index (χ3n) is 4.06. The van der Waals surface area contributed by atoms with Crippen molar-refractivity contribution in [3.63, 3.8) is 0 Å². The van der Waals surface area contributed by atoms with Crippen molar-refractivity contribution >= 4 is 11.6 Å². The Hall–Kier alpha value is -1.95. The number of hydrogen-bond donors (Lipinski definition) is 2. The molecule has 0 aromatic heterocycles. The molecular formula is C15H21N3O3. The van der Waals surface area contributed by atoms with Gasteiger partial charge in [0.15, 0.2) is 0 Å². The van der Waals surface area contributed by atoms with Gasteiger partial charge in [0, 0.05) is 23.2 Å². The first-order chi connectivity index (χ1) is 9.99. The highest BCUT2D eigenvalue weighted by molar-refractivity contribution is 5.94. The molecule has 6 nitrogen and oxygen atoms in total. The maximum Gasteiger partial charge on any atom is 0.272 e. The van der Waals surface area contributed by atoms with Gasteiger partial charge in [-0.05, 0) is 57.8 Å². The lowest BCUT2D eigenvalue weighted by Gasteiger charge is -2.29. The van der Waals surface area contributed by atoms with E-state index in [0.717, 1.165) is 25.9 Å². The van der Waals surface area contributed by atoms with E-state index in [1.807, 2.05) is 6.92 Å². The molecule has 1 aromatic rings. The fourth-order valence-corrected chi connectivity index (χ4v) is 2.72. The van der Waals surface area contributed by atoms with E-state index in [1.165, 1.54) is 12.1 Å². The minimum atomic E-state index is -0.437. The molecule has 2 N–H and O–H groups in total. The average molecular weight is 291 g/mol. The summed E-state index contributed by atoms with van der Waals surface area (Å²) in [6.07, 6.45) is 2.23. The Morgan fingerprint density at radius 3 is 2.86 bits per heavy atom. The van der Waals surface area contributed by atoms with Gasteiger partial charge in [0.05, 0.1) is 4.92 Å². The lowest BCUT2D eigenvalue weighted by molar-refractivity contribution is -0.385. The number of rotatable bonds is 4. The highest BCUT2D eigenvalue weighted by Gasteiger charge is 2.22. The van der Waals surface area contributed by atoms with Gasteiger partial charge in [-0.15, -0.1) is 0 Å². The summed E-state index contributed by atoms with van der Waals surface area (Å²) in [7, 11) is 0. The number of nitro groups is 1. The molecule has 1 fully saturated rings. The summed E-state index contributed by atoms with van der Waals surface area (Å²) in [6, 6.07) is 4.55. The molecule has 1 aliphatic rings. The summed E-state index contributed by atoms with van der Waals surface area (Å²) < 4.78 is 0. The molecule has 21 heavy (non-hydrogen) atoms. The van der Waals surface area contributed by atoms with Gasteiger partial charge in [-0.1, -0.05) is 0 Å². The largest absolute Gasteiger partial charge is 0.349 e. The third kappa shape index (κ3) is 3.78. The topological polar surface area (TPSA) is 84.3 Å². The maximum absolute atomic E-state index is 12.2. The van der Waals surface area contributed by atoms with Gasteiger partial charge in [0.25, 0.3) is 11.6 Å². The Labute approximate surface area is 124 Å². The van der Waals surface area contributed by atoms with Gasteiger partial charge in [0.1, 0.15) is 0 Å². The van der Waals surface area contributed by atoms with E-state index in [9.17, 15) is 14.9 Å². The second kappa shape index (κ2) is 6.67. The number of carbonyl (C=O) groups is 1. The van der Waals surface area contributed by atoms with Crippen LogP contribution in [0.3, 0.4) is 0 Å². The van der Waals surface area contributed by atoms with E-state index in [-0.39, 0.29) is 17.6 Å². The Kier molecular flexibility index (Phi) is 4.90. The molecule has 1 heterocycles. The molecule has 1 amide bonds. The van der Waals surface area contributed by atoms with Crippen LogP contribution in [-0.2, 0) is 0 Å². The van der Waals surface area contributed by atoms with Crippen LogP contribution in [0, 0.1) is 23.0 Å². The first-order valence-electron chi connectivity index (χ1n) is 7.25. The van der Waals surface area contributed by atoms with Crippen LogP contribution in [0.2, 0.25) is 0 Å². The van der Waals surface area contributed by atoms with Crippen molar-refractivity contribution in [2.45, 2.75) is 32.7 Å². The zero-order chi connectivity index (χ0) is 15.4. The summed E-state index contributed by atoms with van der Waals surface area (Å²) in [4.78, 5) is 22.6. The number of nitro benzene ring substituents is 1. The van der Waals surface area contributed by atoms with Crippen molar-refractivity contribution in [3.05, 3.63) is 39.4 Å². The number of carbonyl (C=O) groups excluding carboxylic acids is 1. The molecule has 114 valence electrons. The van der Waals surface area contributed by atoms with Crippen LogP contribution in [0.25, 0.3) is 0 Å². The highest BCUT2D eigenvalue weighted by atomic mass is 16.6. The van der Waals surface area contributed by atoms with E-state index in [4.69, 9.17) is 0 Å². The van der Waals surface area contributed by atoms with Crippen molar-refractivity contribution in [2.75, 3.05) is 13.1 Å². The molecule has 2 atom stereocenters. The van der Waals surface area contributed by atoms with Crippen LogP contribution >= 0.6 is 0 Å². The Balaban J connectivity index is 2.02.